The minimum Gasteiger partial charge on any atom is -1.00 e. The van der Waals surface area contributed by atoms with E-state index >= 15 is 0 Å². The van der Waals surface area contributed by atoms with Crippen LogP contribution in [0.5, 0.6) is 0 Å². The fraction of sp³-hybridized carbons (Fsp3) is 0.143. The first-order valence-corrected chi connectivity index (χ1v) is 8.16. The van der Waals surface area contributed by atoms with E-state index in [1.165, 1.54) is 21.8 Å². The van der Waals surface area contributed by atoms with Crippen molar-refractivity contribution < 1.29 is 26.1 Å². The third-order valence-corrected chi connectivity index (χ3v) is 4.37. The van der Waals surface area contributed by atoms with Crippen molar-refractivity contribution in [1.29, 1.82) is 0 Å². The molecule has 0 saturated carbocycles. The first kappa shape index (κ1) is 16.6. The molecule has 24 heavy (non-hydrogen) atoms. The molecule has 2 aromatic carbocycles. The van der Waals surface area contributed by atoms with Gasteiger partial charge in [0.25, 0.3) is 0 Å². The second-order valence-corrected chi connectivity index (χ2v) is 5.87. The lowest BCUT2D eigenvalue weighted by atomic mass is 10.2. The van der Waals surface area contributed by atoms with Crippen LogP contribution in [0.15, 0.2) is 85.2 Å². The minimum atomic E-state index is 0. The highest BCUT2D eigenvalue weighted by Crippen LogP contribution is 2.09. The van der Waals surface area contributed by atoms with Crippen molar-refractivity contribution >= 4 is 21.8 Å². The molecular weight excluding hydrogens is 360 g/mol. The summed E-state index contributed by atoms with van der Waals surface area (Å²) in [5.74, 6) is 0. The van der Waals surface area contributed by atoms with Crippen molar-refractivity contribution in [2.75, 3.05) is 0 Å². The van der Waals surface area contributed by atoms with Gasteiger partial charge >= 0.3 is 0 Å². The van der Waals surface area contributed by atoms with E-state index in [2.05, 4.69) is 94.3 Å². The molecule has 3 heteroatoms. The lowest BCUT2D eigenvalue weighted by molar-refractivity contribution is -0.702. The van der Waals surface area contributed by atoms with Crippen LogP contribution in [0.3, 0.4) is 0 Å². The quantitative estimate of drug-likeness (QED) is 0.460. The van der Waals surface area contributed by atoms with Gasteiger partial charge in [0, 0.05) is 35.0 Å². The molecule has 0 unspecified atom stereocenters. The number of nitrogens with zero attached hydrogens (tertiary/aromatic N) is 2. The zero-order valence-corrected chi connectivity index (χ0v) is 15.1. The molecule has 2 nitrogen and oxygen atoms in total. The predicted octanol–water partition coefficient (Wildman–Crippen LogP) is 0.662. The van der Waals surface area contributed by atoms with Gasteiger partial charge in [0.1, 0.15) is 0 Å². The molecule has 4 rings (SSSR count). The van der Waals surface area contributed by atoms with Crippen LogP contribution in [-0.4, -0.2) is 0 Å². The summed E-state index contributed by atoms with van der Waals surface area (Å²) < 4.78 is 4.70. The average Bonchev–Trinajstić information content (AvgIpc) is 2.62. The van der Waals surface area contributed by atoms with Gasteiger partial charge in [0.2, 0.25) is 11.0 Å². The maximum atomic E-state index is 2.35. The van der Waals surface area contributed by atoms with Gasteiger partial charge in [-0.1, -0.05) is 24.3 Å². The lowest BCUT2D eigenvalue weighted by Gasteiger charge is -2.02. The van der Waals surface area contributed by atoms with Gasteiger partial charge in [-0.3, -0.25) is 0 Å². The monoisotopic (exact) mass is 379 g/mol. The van der Waals surface area contributed by atoms with Gasteiger partial charge in [-0.2, -0.15) is 9.13 Å². The highest BCUT2D eigenvalue weighted by atomic mass is 79.9. The number of rotatable bonds is 4. The number of halogens is 1. The summed E-state index contributed by atoms with van der Waals surface area (Å²) in [5.41, 5.74) is 2.61. The molecular formula is C21H20BrN2+. The largest absolute Gasteiger partial charge is 1.00 e. The van der Waals surface area contributed by atoms with Gasteiger partial charge in [-0.15, -0.1) is 0 Å². The molecule has 0 fully saturated rings. The average molecular weight is 380 g/mol. The fourth-order valence-electron chi connectivity index (χ4n) is 3.24. The van der Waals surface area contributed by atoms with Gasteiger partial charge in [-0.25, -0.2) is 0 Å². The van der Waals surface area contributed by atoms with Crippen molar-refractivity contribution in [3.8, 4) is 0 Å². The summed E-state index contributed by atoms with van der Waals surface area (Å²) in [6.45, 7) is 2.05. The van der Waals surface area contributed by atoms with Gasteiger partial charge in [0.05, 0.1) is 6.42 Å². The Hall–Kier alpha value is -2.26. The number of aromatic nitrogens is 2. The van der Waals surface area contributed by atoms with Crippen molar-refractivity contribution in [1.82, 2.24) is 0 Å². The Morgan fingerprint density at radius 1 is 0.542 bits per heavy atom. The molecule has 0 aliphatic heterocycles. The summed E-state index contributed by atoms with van der Waals surface area (Å²) >= 11 is 0. The van der Waals surface area contributed by atoms with Crippen molar-refractivity contribution in [2.45, 2.75) is 19.5 Å². The molecule has 0 radical (unpaired) electrons. The summed E-state index contributed by atoms with van der Waals surface area (Å²) in [4.78, 5) is 0. The topological polar surface area (TPSA) is 7.76 Å². The molecule has 0 bridgehead atoms. The summed E-state index contributed by atoms with van der Waals surface area (Å²) in [6, 6.07) is 25.8. The SMILES string of the molecule is [Br-].c1ccc2c(c1)ccc[n+]2CCC[n+]1cccc2ccccc21. The second kappa shape index (κ2) is 7.54. The Balaban J connectivity index is 0.00000169. The third kappa shape index (κ3) is 3.31. The number of aryl methyl sites for hydroxylation is 2. The number of fused-ring (bicyclic) bond motifs is 2. The van der Waals surface area contributed by atoms with Crippen LogP contribution in [0.25, 0.3) is 21.8 Å². The van der Waals surface area contributed by atoms with Crippen molar-refractivity contribution in [2.24, 2.45) is 0 Å². The van der Waals surface area contributed by atoms with Crippen LogP contribution in [-0.2, 0) is 13.1 Å². The first-order chi connectivity index (χ1) is 11.4. The molecule has 0 aliphatic rings. The number of benzene rings is 2. The zero-order chi connectivity index (χ0) is 15.5. The van der Waals surface area contributed by atoms with Gasteiger partial charge < -0.3 is 17.0 Å². The fourth-order valence-corrected chi connectivity index (χ4v) is 3.24. The van der Waals surface area contributed by atoms with Crippen molar-refractivity contribution in [3.63, 3.8) is 0 Å². The van der Waals surface area contributed by atoms with E-state index in [4.69, 9.17) is 0 Å². The number of pyridine rings is 2. The summed E-state index contributed by atoms with van der Waals surface area (Å²) in [6.07, 6.45) is 5.46. The van der Waals surface area contributed by atoms with E-state index in [1.54, 1.807) is 0 Å². The molecule has 0 aliphatic carbocycles. The van der Waals surface area contributed by atoms with E-state index in [0.717, 1.165) is 19.5 Å². The Morgan fingerprint density at radius 3 is 1.46 bits per heavy atom. The predicted molar refractivity (Wildman–Crippen MR) is 92.9 cm³/mol. The van der Waals surface area contributed by atoms with Crippen LogP contribution in [0.4, 0.5) is 0 Å². The maximum absolute atomic E-state index is 2.35. The third-order valence-electron chi connectivity index (χ3n) is 4.37. The lowest BCUT2D eigenvalue weighted by Crippen LogP contribution is -3.00. The Labute approximate surface area is 152 Å². The van der Waals surface area contributed by atoms with Gasteiger partial charge in [-0.05, 0) is 24.3 Å². The van der Waals surface area contributed by atoms with Crippen LogP contribution in [0.1, 0.15) is 6.42 Å². The highest BCUT2D eigenvalue weighted by molar-refractivity contribution is 5.75. The standard InChI is InChI=1S/C21H20N2.BrH/c1-3-12-20-18(8-1)10-5-14-22(20)16-7-17-23-15-6-11-19-9-2-4-13-21(19)23;/h1-6,8-15H,7,16-17H2;1H/q+2;/p-1. The Kier molecular flexibility index (Phi) is 5.21. The smallest absolute Gasteiger partial charge is 0.212 e. The minimum absolute atomic E-state index is 0. The normalized spacial score (nSPS) is 10.7. The highest BCUT2D eigenvalue weighted by Gasteiger charge is 2.11. The maximum Gasteiger partial charge on any atom is 0.212 e. The first-order valence-electron chi connectivity index (χ1n) is 8.16. The molecule has 0 spiro atoms. The Morgan fingerprint density at radius 2 is 0.958 bits per heavy atom. The number of hydrogen-bond donors (Lipinski definition) is 0. The van der Waals surface area contributed by atoms with Crippen molar-refractivity contribution in [3.05, 3.63) is 85.2 Å². The van der Waals surface area contributed by atoms with E-state index in [0.29, 0.717) is 0 Å². The van der Waals surface area contributed by atoms with Gasteiger partial charge in [0.15, 0.2) is 25.5 Å². The van der Waals surface area contributed by atoms with E-state index < -0.39 is 0 Å². The molecule has 0 atom stereocenters. The molecule has 0 N–H and O–H groups in total. The van der Waals surface area contributed by atoms with E-state index in [1.807, 2.05) is 0 Å². The molecule has 120 valence electrons. The molecule has 2 heterocycles. The molecule has 2 aromatic heterocycles. The van der Waals surface area contributed by atoms with Crippen LogP contribution in [0, 0.1) is 0 Å². The number of hydrogen-bond acceptors (Lipinski definition) is 0. The second-order valence-electron chi connectivity index (χ2n) is 5.87. The number of para-hydroxylation sites is 2. The van der Waals surface area contributed by atoms with Crippen LogP contribution in [0.2, 0.25) is 0 Å². The van der Waals surface area contributed by atoms with E-state index in [-0.39, 0.29) is 17.0 Å². The zero-order valence-electron chi connectivity index (χ0n) is 13.5. The molecule has 0 amide bonds. The Bertz CT molecular complexity index is 876. The molecule has 4 aromatic rings. The summed E-state index contributed by atoms with van der Waals surface area (Å²) in [5, 5.41) is 2.60. The molecule has 0 saturated heterocycles. The van der Waals surface area contributed by atoms with E-state index in [9.17, 15) is 0 Å². The summed E-state index contributed by atoms with van der Waals surface area (Å²) in [7, 11) is 0. The van der Waals surface area contributed by atoms with Crippen LogP contribution >= 0.6 is 0 Å². The van der Waals surface area contributed by atoms with Crippen LogP contribution < -0.4 is 26.1 Å².